The van der Waals surface area contributed by atoms with Crippen molar-refractivity contribution < 1.29 is 4.79 Å². The number of ketones is 1. The molecule has 4 nitrogen and oxygen atoms in total. The molecule has 2 N–H and O–H groups in total. The summed E-state index contributed by atoms with van der Waals surface area (Å²) in [6, 6.07) is 11.2. The third kappa shape index (κ3) is 4.36. The number of benzene rings is 1. The van der Waals surface area contributed by atoms with Crippen LogP contribution in [0.4, 0.5) is 5.69 Å². The Kier molecular flexibility index (Phi) is 5.00. The molecule has 0 aliphatic heterocycles. The number of thiocarbonyl (C=S) groups is 1. The summed E-state index contributed by atoms with van der Waals surface area (Å²) in [4.78, 5) is 15.4. The molecule has 0 saturated carbocycles. The highest BCUT2D eigenvalue weighted by Crippen LogP contribution is 2.13. The first-order valence-electron chi connectivity index (χ1n) is 6.64. The highest BCUT2D eigenvalue weighted by Gasteiger charge is 2.07. The predicted molar refractivity (Wildman–Crippen MR) is 88.5 cm³/mol. The van der Waals surface area contributed by atoms with E-state index < -0.39 is 0 Å². The van der Waals surface area contributed by atoms with Gasteiger partial charge >= 0.3 is 0 Å². The average Bonchev–Trinajstić information content (AvgIpc) is 2.48. The van der Waals surface area contributed by atoms with Crippen molar-refractivity contribution in [2.45, 2.75) is 19.9 Å². The standard InChI is InChI=1S/C16H17N3OS/c1-11(13-6-8-17-9-7-13)18-16(21)19-15-5-3-4-14(10-15)12(2)20/h3-11H,1-2H3,(H2,18,19,21). The molecular formula is C16H17N3OS. The molecule has 108 valence electrons. The van der Waals surface area contributed by atoms with Crippen LogP contribution in [0.25, 0.3) is 0 Å². The van der Waals surface area contributed by atoms with Crippen LogP contribution in [0.5, 0.6) is 0 Å². The molecule has 21 heavy (non-hydrogen) atoms. The minimum Gasteiger partial charge on any atom is -0.356 e. The summed E-state index contributed by atoms with van der Waals surface area (Å²) in [6.45, 7) is 3.57. The van der Waals surface area contributed by atoms with Crippen LogP contribution < -0.4 is 10.6 Å². The molecule has 1 aromatic carbocycles. The molecule has 0 spiro atoms. The summed E-state index contributed by atoms with van der Waals surface area (Å²) in [7, 11) is 0. The van der Waals surface area contributed by atoms with E-state index in [2.05, 4.69) is 15.6 Å². The van der Waals surface area contributed by atoms with E-state index >= 15 is 0 Å². The Morgan fingerprint density at radius 3 is 2.62 bits per heavy atom. The molecule has 0 amide bonds. The molecule has 0 aliphatic rings. The number of pyridine rings is 1. The number of rotatable bonds is 4. The highest BCUT2D eigenvalue weighted by atomic mass is 32.1. The zero-order valence-electron chi connectivity index (χ0n) is 12.0. The number of Topliss-reactive ketones (excluding diaryl/α,β-unsaturated/α-hetero) is 1. The van der Waals surface area contributed by atoms with Gasteiger partial charge in [0, 0.05) is 23.6 Å². The number of nitrogens with one attached hydrogen (secondary N) is 2. The van der Waals surface area contributed by atoms with Crippen molar-refractivity contribution in [1.29, 1.82) is 0 Å². The summed E-state index contributed by atoms with van der Waals surface area (Å²) in [5.74, 6) is 0.0303. The van der Waals surface area contributed by atoms with E-state index in [0.29, 0.717) is 10.7 Å². The second kappa shape index (κ2) is 6.95. The van der Waals surface area contributed by atoms with Gasteiger partial charge in [-0.05, 0) is 55.9 Å². The van der Waals surface area contributed by atoms with Gasteiger partial charge in [0.15, 0.2) is 10.9 Å². The van der Waals surface area contributed by atoms with Crippen LogP contribution in [0.1, 0.15) is 35.8 Å². The lowest BCUT2D eigenvalue weighted by Crippen LogP contribution is -2.30. The fourth-order valence-corrected chi connectivity index (χ4v) is 2.21. The van der Waals surface area contributed by atoms with E-state index in [1.165, 1.54) is 0 Å². The van der Waals surface area contributed by atoms with Crippen molar-refractivity contribution in [3.05, 3.63) is 59.9 Å². The van der Waals surface area contributed by atoms with Crippen LogP contribution in [-0.4, -0.2) is 15.9 Å². The fraction of sp³-hybridized carbons (Fsp3) is 0.188. The molecule has 1 unspecified atom stereocenters. The van der Waals surface area contributed by atoms with Gasteiger partial charge in [0.1, 0.15) is 0 Å². The van der Waals surface area contributed by atoms with Crippen molar-refractivity contribution in [2.24, 2.45) is 0 Å². The fourth-order valence-electron chi connectivity index (χ4n) is 1.92. The molecule has 2 aromatic rings. The maximum absolute atomic E-state index is 11.4. The van der Waals surface area contributed by atoms with Crippen molar-refractivity contribution in [2.75, 3.05) is 5.32 Å². The SMILES string of the molecule is CC(=O)c1cccc(NC(=S)NC(C)c2ccncc2)c1. The molecule has 0 fully saturated rings. The van der Waals surface area contributed by atoms with Gasteiger partial charge in [0.25, 0.3) is 0 Å². The lowest BCUT2D eigenvalue weighted by molar-refractivity contribution is 0.101. The third-order valence-electron chi connectivity index (χ3n) is 3.08. The molecule has 0 saturated heterocycles. The first-order valence-corrected chi connectivity index (χ1v) is 7.05. The van der Waals surface area contributed by atoms with E-state index in [0.717, 1.165) is 11.3 Å². The van der Waals surface area contributed by atoms with Gasteiger partial charge in [-0.15, -0.1) is 0 Å². The van der Waals surface area contributed by atoms with Crippen molar-refractivity contribution in [3.63, 3.8) is 0 Å². The Morgan fingerprint density at radius 1 is 1.24 bits per heavy atom. The van der Waals surface area contributed by atoms with Gasteiger partial charge in [-0.3, -0.25) is 9.78 Å². The first kappa shape index (κ1) is 15.1. The third-order valence-corrected chi connectivity index (χ3v) is 3.30. The average molecular weight is 299 g/mol. The van der Waals surface area contributed by atoms with Crippen LogP contribution in [0.3, 0.4) is 0 Å². The number of aromatic nitrogens is 1. The smallest absolute Gasteiger partial charge is 0.171 e. The monoisotopic (exact) mass is 299 g/mol. The summed E-state index contributed by atoms with van der Waals surface area (Å²) in [6.07, 6.45) is 3.50. The minimum absolute atomic E-state index is 0.0303. The number of carbonyl (C=O) groups is 1. The van der Waals surface area contributed by atoms with Crippen LogP contribution in [0.2, 0.25) is 0 Å². The molecule has 2 rings (SSSR count). The molecule has 0 aliphatic carbocycles. The number of hydrogen-bond acceptors (Lipinski definition) is 3. The van der Waals surface area contributed by atoms with Gasteiger partial charge in [0.05, 0.1) is 6.04 Å². The largest absolute Gasteiger partial charge is 0.356 e. The molecule has 5 heteroatoms. The summed E-state index contributed by atoms with van der Waals surface area (Å²) in [5, 5.41) is 6.81. The Bertz CT molecular complexity index is 643. The van der Waals surface area contributed by atoms with Gasteiger partial charge in [-0.2, -0.15) is 0 Å². The Morgan fingerprint density at radius 2 is 1.95 bits per heavy atom. The summed E-state index contributed by atoms with van der Waals surface area (Å²) in [5.41, 5.74) is 2.55. The maximum Gasteiger partial charge on any atom is 0.171 e. The van der Waals surface area contributed by atoms with E-state index in [4.69, 9.17) is 12.2 Å². The Hall–Kier alpha value is -2.27. The topological polar surface area (TPSA) is 54.0 Å². The van der Waals surface area contributed by atoms with Gasteiger partial charge < -0.3 is 10.6 Å². The lowest BCUT2D eigenvalue weighted by Gasteiger charge is -2.17. The van der Waals surface area contributed by atoms with Gasteiger partial charge in [-0.25, -0.2) is 0 Å². The van der Waals surface area contributed by atoms with E-state index in [9.17, 15) is 4.79 Å². The van der Waals surface area contributed by atoms with Gasteiger partial charge in [0.2, 0.25) is 0 Å². The quantitative estimate of drug-likeness (QED) is 0.670. The zero-order chi connectivity index (χ0) is 15.2. The second-order valence-corrected chi connectivity index (χ2v) is 5.15. The molecule has 0 radical (unpaired) electrons. The van der Waals surface area contributed by atoms with Gasteiger partial charge in [-0.1, -0.05) is 12.1 Å². The number of anilines is 1. The minimum atomic E-state index is 0.0303. The van der Waals surface area contributed by atoms with E-state index in [-0.39, 0.29) is 11.8 Å². The maximum atomic E-state index is 11.4. The van der Waals surface area contributed by atoms with E-state index in [1.807, 2.05) is 31.2 Å². The van der Waals surface area contributed by atoms with E-state index in [1.54, 1.807) is 31.5 Å². The number of carbonyl (C=O) groups excluding carboxylic acids is 1. The number of nitrogens with zero attached hydrogens (tertiary/aromatic N) is 1. The second-order valence-electron chi connectivity index (χ2n) is 4.74. The summed E-state index contributed by atoms with van der Waals surface area (Å²) < 4.78 is 0. The Balaban J connectivity index is 1.99. The van der Waals surface area contributed by atoms with Crippen molar-refractivity contribution in [3.8, 4) is 0 Å². The summed E-state index contributed by atoms with van der Waals surface area (Å²) >= 11 is 5.30. The molecule has 1 heterocycles. The first-order chi connectivity index (χ1) is 10.1. The zero-order valence-corrected chi connectivity index (χ0v) is 12.8. The normalized spacial score (nSPS) is 11.5. The molecule has 0 bridgehead atoms. The highest BCUT2D eigenvalue weighted by molar-refractivity contribution is 7.80. The molecule has 1 aromatic heterocycles. The van der Waals surface area contributed by atoms with Crippen molar-refractivity contribution in [1.82, 2.24) is 10.3 Å². The van der Waals surface area contributed by atoms with Crippen molar-refractivity contribution >= 4 is 28.8 Å². The number of hydrogen-bond donors (Lipinski definition) is 2. The van der Waals surface area contributed by atoms with Crippen LogP contribution in [0, 0.1) is 0 Å². The van der Waals surface area contributed by atoms with Crippen LogP contribution >= 0.6 is 12.2 Å². The Labute approximate surface area is 129 Å². The lowest BCUT2D eigenvalue weighted by atomic mass is 10.1. The molecule has 1 atom stereocenters. The van der Waals surface area contributed by atoms with Crippen LogP contribution in [-0.2, 0) is 0 Å². The predicted octanol–water partition coefficient (Wildman–Crippen LogP) is 3.33. The van der Waals surface area contributed by atoms with Crippen LogP contribution in [0.15, 0.2) is 48.8 Å². The molecular weight excluding hydrogens is 282 g/mol.